The summed E-state index contributed by atoms with van der Waals surface area (Å²) in [5, 5.41) is 13.4. The lowest BCUT2D eigenvalue weighted by molar-refractivity contribution is 0.0930. The highest BCUT2D eigenvalue weighted by atomic mass is 32.1. The van der Waals surface area contributed by atoms with Crippen LogP contribution < -0.4 is 16.0 Å². The first kappa shape index (κ1) is 23.2. The molecule has 35 heavy (non-hydrogen) atoms. The van der Waals surface area contributed by atoms with E-state index in [9.17, 15) is 10.1 Å². The molecule has 0 aliphatic carbocycles. The van der Waals surface area contributed by atoms with Gasteiger partial charge >= 0.3 is 0 Å². The van der Waals surface area contributed by atoms with E-state index in [1.165, 1.54) is 10.9 Å². The fourth-order valence-corrected chi connectivity index (χ4v) is 5.36. The molecule has 180 valence electrons. The Morgan fingerprint density at radius 1 is 1.23 bits per heavy atom. The number of nitrogens with zero attached hydrogens (tertiary/aromatic N) is 6. The van der Waals surface area contributed by atoms with E-state index >= 15 is 0 Å². The van der Waals surface area contributed by atoms with Crippen LogP contribution in [0.3, 0.4) is 0 Å². The zero-order chi connectivity index (χ0) is 24.2. The topological polar surface area (TPSA) is 124 Å². The number of amides is 1. The molecule has 1 amide bonds. The largest absolute Gasteiger partial charge is 0.397 e. The lowest BCUT2D eigenvalue weighted by Gasteiger charge is -2.33. The van der Waals surface area contributed by atoms with Crippen molar-refractivity contribution in [3.8, 4) is 16.8 Å². The van der Waals surface area contributed by atoms with Crippen LogP contribution in [0.1, 0.15) is 40.2 Å². The normalized spacial score (nSPS) is 16.5. The number of piperidine rings is 1. The van der Waals surface area contributed by atoms with Gasteiger partial charge in [-0.2, -0.15) is 5.26 Å². The van der Waals surface area contributed by atoms with Crippen LogP contribution in [0.15, 0.2) is 36.7 Å². The Hall–Kier alpha value is -3.55. The van der Waals surface area contributed by atoms with Crippen molar-refractivity contribution < 1.29 is 4.79 Å². The summed E-state index contributed by atoms with van der Waals surface area (Å²) in [6, 6.07) is 9.50. The number of nitrogens with two attached hydrogens (primary N) is 1. The number of nitriles is 1. The molecular weight excluding hydrogens is 460 g/mol. The van der Waals surface area contributed by atoms with Crippen LogP contribution in [0.4, 0.5) is 11.5 Å². The number of hydrogen-bond acceptors (Lipinski definition) is 9. The molecule has 0 aromatic carbocycles. The zero-order valence-corrected chi connectivity index (χ0v) is 20.3. The Kier molecular flexibility index (Phi) is 6.88. The number of nitrogen functional groups attached to an aromatic ring is 1. The highest BCUT2D eigenvalue weighted by Crippen LogP contribution is 2.28. The third-order valence-electron chi connectivity index (χ3n) is 6.61. The summed E-state index contributed by atoms with van der Waals surface area (Å²) < 4.78 is 0. The molecule has 5 heterocycles. The van der Waals surface area contributed by atoms with Crippen molar-refractivity contribution in [1.29, 1.82) is 5.26 Å². The molecule has 3 aromatic heterocycles. The predicted molar refractivity (Wildman–Crippen MR) is 136 cm³/mol. The van der Waals surface area contributed by atoms with E-state index in [1.807, 2.05) is 29.3 Å². The van der Waals surface area contributed by atoms with Gasteiger partial charge in [0.15, 0.2) is 0 Å². The number of thiazole rings is 1. The average Bonchev–Trinajstić information content (AvgIpc) is 3.31. The van der Waals surface area contributed by atoms with Crippen LogP contribution in [0.2, 0.25) is 0 Å². The second-order valence-electron chi connectivity index (χ2n) is 9.02. The third-order valence-corrected chi connectivity index (χ3v) is 7.61. The first-order valence-corrected chi connectivity index (χ1v) is 12.7. The molecule has 0 spiro atoms. The zero-order valence-electron chi connectivity index (χ0n) is 19.5. The fourth-order valence-electron chi connectivity index (χ4n) is 4.42. The van der Waals surface area contributed by atoms with Crippen molar-refractivity contribution in [1.82, 2.24) is 25.2 Å². The molecule has 0 radical (unpaired) electrons. The van der Waals surface area contributed by atoms with E-state index in [0.29, 0.717) is 29.5 Å². The van der Waals surface area contributed by atoms with Crippen molar-refractivity contribution >= 4 is 28.7 Å². The minimum atomic E-state index is -0.239. The van der Waals surface area contributed by atoms with Crippen molar-refractivity contribution in [2.24, 2.45) is 5.92 Å². The molecule has 2 aliphatic heterocycles. The van der Waals surface area contributed by atoms with Gasteiger partial charge in [0.2, 0.25) is 0 Å². The Labute approximate surface area is 208 Å². The molecule has 2 aliphatic rings. The lowest BCUT2D eigenvalue weighted by atomic mass is 9.96. The number of likely N-dealkylation sites (tertiary alicyclic amines) is 1. The van der Waals surface area contributed by atoms with Gasteiger partial charge in [0.25, 0.3) is 5.91 Å². The summed E-state index contributed by atoms with van der Waals surface area (Å²) in [6.45, 7) is 5.12. The molecular formula is C25H28N8OS. The van der Waals surface area contributed by atoms with Crippen LogP contribution >= 0.6 is 11.3 Å². The van der Waals surface area contributed by atoms with E-state index < -0.39 is 0 Å². The van der Waals surface area contributed by atoms with Crippen molar-refractivity contribution in [3.63, 3.8) is 0 Å². The number of aromatic nitrogens is 3. The summed E-state index contributed by atoms with van der Waals surface area (Å²) in [6.07, 6.45) is 6.83. The summed E-state index contributed by atoms with van der Waals surface area (Å²) in [5.41, 5.74) is 7.89. The van der Waals surface area contributed by atoms with E-state index in [4.69, 9.17) is 5.73 Å². The fraction of sp³-hybridized carbons (Fsp3) is 0.400. The van der Waals surface area contributed by atoms with E-state index in [-0.39, 0.29) is 11.6 Å². The monoisotopic (exact) mass is 488 g/mol. The van der Waals surface area contributed by atoms with Crippen LogP contribution in [-0.4, -0.2) is 58.5 Å². The Morgan fingerprint density at radius 2 is 2.06 bits per heavy atom. The molecule has 5 rings (SSSR count). The molecule has 0 bridgehead atoms. The molecule has 9 nitrogen and oxygen atoms in total. The van der Waals surface area contributed by atoms with E-state index in [2.05, 4.69) is 31.2 Å². The van der Waals surface area contributed by atoms with E-state index in [0.717, 1.165) is 62.7 Å². The maximum Gasteiger partial charge on any atom is 0.270 e. The van der Waals surface area contributed by atoms with Crippen LogP contribution in [-0.2, 0) is 6.54 Å². The minimum absolute atomic E-state index is 0.239. The van der Waals surface area contributed by atoms with Gasteiger partial charge in [0, 0.05) is 43.4 Å². The summed E-state index contributed by atoms with van der Waals surface area (Å²) >= 11 is 1.69. The van der Waals surface area contributed by atoms with Crippen molar-refractivity contribution in [3.05, 3.63) is 52.8 Å². The minimum Gasteiger partial charge on any atom is -0.397 e. The van der Waals surface area contributed by atoms with Gasteiger partial charge in [0.05, 0.1) is 11.4 Å². The molecule has 2 saturated heterocycles. The summed E-state index contributed by atoms with van der Waals surface area (Å²) in [5.74, 6) is 0.704. The second kappa shape index (κ2) is 10.4. The lowest BCUT2D eigenvalue weighted by Crippen LogP contribution is -2.40. The Balaban J connectivity index is 1.11. The van der Waals surface area contributed by atoms with Gasteiger partial charge in [0.1, 0.15) is 28.2 Å². The number of rotatable bonds is 7. The van der Waals surface area contributed by atoms with Gasteiger partial charge in [-0.25, -0.2) is 9.97 Å². The Morgan fingerprint density at radius 3 is 2.74 bits per heavy atom. The SMILES string of the molecule is N#Cc1c(N)cc(C(=O)NCC2CCN(Cc3cnc(-c4ccccn4)s3)CC2)nc1N1CCC1. The molecule has 3 N–H and O–H groups in total. The highest BCUT2D eigenvalue weighted by molar-refractivity contribution is 7.14. The van der Waals surface area contributed by atoms with Gasteiger partial charge < -0.3 is 16.0 Å². The summed E-state index contributed by atoms with van der Waals surface area (Å²) in [7, 11) is 0. The Bertz CT molecular complexity index is 1230. The molecule has 0 saturated carbocycles. The average molecular weight is 489 g/mol. The molecule has 2 fully saturated rings. The second-order valence-corrected chi connectivity index (χ2v) is 10.1. The van der Waals surface area contributed by atoms with Crippen LogP contribution in [0, 0.1) is 17.2 Å². The van der Waals surface area contributed by atoms with Gasteiger partial charge in [-0.1, -0.05) is 6.07 Å². The maximum absolute atomic E-state index is 12.8. The molecule has 0 unspecified atom stereocenters. The number of carbonyl (C=O) groups excluding carboxylic acids is 1. The first-order valence-electron chi connectivity index (χ1n) is 11.9. The molecule has 3 aromatic rings. The van der Waals surface area contributed by atoms with Crippen molar-refractivity contribution in [2.75, 3.05) is 43.4 Å². The number of carbonyl (C=O) groups is 1. The van der Waals surface area contributed by atoms with Crippen LogP contribution in [0.5, 0.6) is 0 Å². The number of nitrogens with one attached hydrogen (secondary N) is 1. The van der Waals surface area contributed by atoms with Gasteiger partial charge in [-0.15, -0.1) is 11.3 Å². The van der Waals surface area contributed by atoms with Crippen LogP contribution in [0.25, 0.3) is 10.7 Å². The first-order chi connectivity index (χ1) is 17.1. The third kappa shape index (κ3) is 5.26. The number of anilines is 2. The summed E-state index contributed by atoms with van der Waals surface area (Å²) in [4.78, 5) is 31.8. The highest BCUT2D eigenvalue weighted by Gasteiger charge is 2.25. The standard InChI is InChI=1S/C25H28N8OS/c26-13-19-20(27)12-22(31-23(19)33-8-3-9-33)24(34)29-14-17-5-10-32(11-6-17)16-18-15-30-25(35-18)21-4-1-2-7-28-21/h1-2,4,7,12,15,17H,3,5-6,8-11,14,16H2,(H2,27,31)(H,29,34). The quantitative estimate of drug-likeness (QED) is 0.520. The smallest absolute Gasteiger partial charge is 0.270 e. The number of pyridine rings is 2. The predicted octanol–water partition coefficient (Wildman–Crippen LogP) is 2.91. The van der Waals surface area contributed by atoms with Gasteiger partial charge in [-0.05, 0) is 56.5 Å². The molecule has 0 atom stereocenters. The maximum atomic E-state index is 12.8. The number of hydrogen-bond donors (Lipinski definition) is 2. The molecule has 10 heteroatoms. The van der Waals surface area contributed by atoms with E-state index in [1.54, 1.807) is 17.5 Å². The van der Waals surface area contributed by atoms with Crippen molar-refractivity contribution in [2.45, 2.75) is 25.8 Å². The van der Waals surface area contributed by atoms with Gasteiger partial charge in [-0.3, -0.25) is 14.7 Å².